The Kier molecular flexibility index (Phi) is 7.91. The molecule has 1 aromatic heterocycles. The Hall–Kier alpha value is -4.20. The third kappa shape index (κ3) is 6.45. The molecule has 0 aliphatic heterocycles. The number of urea groups is 1. The van der Waals surface area contributed by atoms with E-state index in [9.17, 15) is 4.79 Å². The molecule has 3 N–H and O–H groups in total. The number of benzene rings is 3. The highest BCUT2D eigenvalue weighted by Crippen LogP contribution is 2.43. The summed E-state index contributed by atoms with van der Waals surface area (Å²) in [7, 11) is 0. The van der Waals surface area contributed by atoms with Gasteiger partial charge in [0.05, 0.1) is 11.4 Å². The number of carbonyl (C=O) groups excluding carboxylic acids is 1. The molecule has 1 aliphatic rings. The quantitative estimate of drug-likeness (QED) is 0.205. The summed E-state index contributed by atoms with van der Waals surface area (Å²) in [6, 6.07) is 22.1. The number of hydrogen-bond donors (Lipinski definition) is 3. The molecule has 0 unspecified atom stereocenters. The first-order chi connectivity index (χ1) is 18.9. The van der Waals surface area contributed by atoms with E-state index in [2.05, 4.69) is 88.1 Å². The summed E-state index contributed by atoms with van der Waals surface area (Å²) in [5.41, 5.74) is 6.69. The van der Waals surface area contributed by atoms with Crippen LogP contribution in [-0.2, 0) is 0 Å². The lowest BCUT2D eigenvalue weighted by Gasteiger charge is -2.31. The molecule has 0 radical (unpaired) electrons. The van der Waals surface area contributed by atoms with E-state index >= 15 is 0 Å². The van der Waals surface area contributed by atoms with Gasteiger partial charge >= 0.3 is 6.03 Å². The van der Waals surface area contributed by atoms with Crippen LogP contribution in [-0.4, -0.2) is 39.7 Å². The number of anilines is 3. The van der Waals surface area contributed by atoms with Crippen molar-refractivity contribution < 1.29 is 4.79 Å². The third-order valence-electron chi connectivity index (χ3n) is 6.82. The molecule has 1 heterocycles. The fourth-order valence-electron chi connectivity index (χ4n) is 5.08. The van der Waals surface area contributed by atoms with Crippen molar-refractivity contribution in [1.29, 1.82) is 0 Å². The normalized spacial score (nSPS) is 13.1. The minimum atomic E-state index is -0.247. The third-order valence-corrected chi connectivity index (χ3v) is 6.82. The average molecular weight is 524 g/mol. The van der Waals surface area contributed by atoms with Crippen molar-refractivity contribution in [2.75, 3.05) is 28.6 Å². The van der Waals surface area contributed by atoms with Crippen LogP contribution in [0.25, 0.3) is 22.5 Å². The zero-order valence-electron chi connectivity index (χ0n) is 23.1. The molecule has 0 spiro atoms. The predicted octanol–water partition coefficient (Wildman–Crippen LogP) is 7.17. The second-order valence-electron chi connectivity index (χ2n) is 11.2. The molecule has 1 fully saturated rings. The van der Waals surface area contributed by atoms with Gasteiger partial charge in [0, 0.05) is 24.3 Å². The van der Waals surface area contributed by atoms with Crippen LogP contribution in [0.1, 0.15) is 52.0 Å². The maximum Gasteiger partial charge on any atom is 0.323 e. The van der Waals surface area contributed by atoms with Crippen LogP contribution >= 0.6 is 0 Å². The SMILES string of the molecule is CC(C)CN(CC(C)C)c1ccc(-c2ccccc2-c2nnn[nH]2)cc1NC(=O)Nc1ccccc1C1CC1. The van der Waals surface area contributed by atoms with Gasteiger partial charge in [0.25, 0.3) is 0 Å². The average Bonchev–Trinajstić information content (AvgIpc) is 3.61. The molecule has 1 saturated carbocycles. The van der Waals surface area contributed by atoms with Crippen LogP contribution in [0.5, 0.6) is 0 Å². The zero-order valence-corrected chi connectivity index (χ0v) is 23.1. The monoisotopic (exact) mass is 523 g/mol. The Bertz CT molecular complexity index is 1400. The van der Waals surface area contributed by atoms with Gasteiger partial charge in [0.15, 0.2) is 5.82 Å². The lowest BCUT2D eigenvalue weighted by Crippen LogP contribution is -2.32. The Balaban J connectivity index is 1.52. The van der Waals surface area contributed by atoms with Gasteiger partial charge in [-0.15, -0.1) is 5.10 Å². The Morgan fingerprint density at radius 2 is 1.56 bits per heavy atom. The minimum Gasteiger partial charge on any atom is -0.369 e. The lowest BCUT2D eigenvalue weighted by atomic mass is 9.97. The highest BCUT2D eigenvalue weighted by Gasteiger charge is 2.26. The summed E-state index contributed by atoms with van der Waals surface area (Å²) in [4.78, 5) is 15.8. The lowest BCUT2D eigenvalue weighted by molar-refractivity contribution is 0.262. The van der Waals surface area contributed by atoms with Gasteiger partial charge < -0.3 is 15.5 Å². The van der Waals surface area contributed by atoms with Gasteiger partial charge in [0.1, 0.15) is 0 Å². The molecule has 202 valence electrons. The summed E-state index contributed by atoms with van der Waals surface area (Å²) in [6.45, 7) is 10.7. The summed E-state index contributed by atoms with van der Waals surface area (Å²) in [6.07, 6.45) is 2.35. The molecule has 5 rings (SSSR count). The van der Waals surface area contributed by atoms with Crippen LogP contribution in [0, 0.1) is 11.8 Å². The van der Waals surface area contributed by atoms with E-state index in [4.69, 9.17) is 0 Å². The maximum absolute atomic E-state index is 13.4. The highest BCUT2D eigenvalue weighted by molar-refractivity contribution is 6.03. The molecular formula is C31H37N7O. The van der Waals surface area contributed by atoms with Crippen LogP contribution in [0.3, 0.4) is 0 Å². The van der Waals surface area contributed by atoms with Crippen molar-refractivity contribution in [2.24, 2.45) is 11.8 Å². The number of carbonyl (C=O) groups is 1. The number of amides is 2. The fraction of sp³-hybridized carbons (Fsp3) is 0.355. The standard InChI is InChI=1S/C31H37N7O/c1-20(2)18-38(19-21(3)4)29-16-15-23(24-9-5-6-11-26(24)30-34-36-37-35-30)17-28(29)33-31(39)32-27-12-8-7-10-25(27)22-13-14-22/h5-12,15-17,20-22H,13-14,18-19H2,1-4H3,(H2,32,33,39)(H,34,35,36,37). The van der Waals surface area contributed by atoms with E-state index in [0.717, 1.165) is 46.8 Å². The molecule has 8 nitrogen and oxygen atoms in total. The number of nitrogens with zero attached hydrogens (tertiary/aromatic N) is 4. The first-order valence-electron chi connectivity index (χ1n) is 13.8. The number of hydrogen-bond acceptors (Lipinski definition) is 5. The molecular weight excluding hydrogens is 486 g/mol. The first-order valence-corrected chi connectivity index (χ1v) is 13.8. The molecule has 8 heteroatoms. The number of H-pyrrole nitrogens is 1. The van der Waals surface area contributed by atoms with Gasteiger partial charge in [-0.1, -0.05) is 76.2 Å². The van der Waals surface area contributed by atoms with Crippen molar-refractivity contribution >= 4 is 23.1 Å². The largest absolute Gasteiger partial charge is 0.369 e. The molecule has 0 bridgehead atoms. The van der Waals surface area contributed by atoms with Crippen molar-refractivity contribution in [1.82, 2.24) is 20.6 Å². The predicted molar refractivity (Wildman–Crippen MR) is 158 cm³/mol. The van der Waals surface area contributed by atoms with E-state index in [1.54, 1.807) is 0 Å². The molecule has 0 saturated heterocycles. The molecule has 1 aliphatic carbocycles. The number of tetrazole rings is 1. The summed E-state index contributed by atoms with van der Waals surface area (Å²) >= 11 is 0. The number of nitrogens with one attached hydrogen (secondary N) is 3. The Morgan fingerprint density at radius 1 is 0.897 bits per heavy atom. The molecule has 39 heavy (non-hydrogen) atoms. The second-order valence-corrected chi connectivity index (χ2v) is 11.2. The topological polar surface area (TPSA) is 98.8 Å². The Morgan fingerprint density at radius 3 is 2.23 bits per heavy atom. The van der Waals surface area contributed by atoms with Crippen LogP contribution in [0.2, 0.25) is 0 Å². The second kappa shape index (κ2) is 11.7. The highest BCUT2D eigenvalue weighted by atomic mass is 16.2. The smallest absolute Gasteiger partial charge is 0.323 e. The maximum atomic E-state index is 13.4. The first kappa shape index (κ1) is 26.4. The van der Waals surface area contributed by atoms with Crippen LogP contribution in [0.4, 0.5) is 21.9 Å². The van der Waals surface area contributed by atoms with Crippen molar-refractivity contribution in [3.8, 4) is 22.5 Å². The van der Waals surface area contributed by atoms with E-state index in [-0.39, 0.29) is 6.03 Å². The number of aromatic nitrogens is 4. The summed E-state index contributed by atoms with van der Waals surface area (Å²) in [5.74, 6) is 2.07. The van der Waals surface area contributed by atoms with E-state index in [1.807, 2.05) is 42.5 Å². The number of aromatic amines is 1. The molecule has 4 aromatic rings. The minimum absolute atomic E-state index is 0.247. The van der Waals surface area contributed by atoms with Gasteiger partial charge in [-0.2, -0.15) is 0 Å². The van der Waals surface area contributed by atoms with Gasteiger partial charge in [-0.3, -0.25) is 0 Å². The van der Waals surface area contributed by atoms with E-state index in [0.29, 0.717) is 23.6 Å². The van der Waals surface area contributed by atoms with Gasteiger partial charge in [-0.25, -0.2) is 9.89 Å². The van der Waals surface area contributed by atoms with Gasteiger partial charge in [0.2, 0.25) is 0 Å². The molecule has 3 aromatic carbocycles. The summed E-state index contributed by atoms with van der Waals surface area (Å²) < 4.78 is 0. The van der Waals surface area contributed by atoms with Crippen LogP contribution in [0.15, 0.2) is 66.7 Å². The van der Waals surface area contributed by atoms with Crippen molar-refractivity contribution in [2.45, 2.75) is 46.5 Å². The Labute approximate surface area is 230 Å². The van der Waals surface area contributed by atoms with E-state index < -0.39 is 0 Å². The van der Waals surface area contributed by atoms with E-state index in [1.165, 1.54) is 18.4 Å². The van der Waals surface area contributed by atoms with Crippen molar-refractivity contribution in [3.63, 3.8) is 0 Å². The molecule has 0 atom stereocenters. The zero-order chi connectivity index (χ0) is 27.4. The molecule has 2 amide bonds. The van der Waals surface area contributed by atoms with Crippen molar-refractivity contribution in [3.05, 3.63) is 72.3 Å². The fourth-order valence-corrected chi connectivity index (χ4v) is 5.08. The number of para-hydroxylation sites is 1. The number of rotatable bonds is 10. The van der Waals surface area contributed by atoms with Gasteiger partial charge in [-0.05, 0) is 75.9 Å². The summed E-state index contributed by atoms with van der Waals surface area (Å²) in [5, 5.41) is 20.8. The van der Waals surface area contributed by atoms with Crippen LogP contribution < -0.4 is 15.5 Å².